The Bertz CT molecular complexity index is 1040. The van der Waals surface area contributed by atoms with E-state index in [1.807, 2.05) is 35.7 Å². The molecule has 0 aliphatic rings. The number of hydrogen-bond acceptors (Lipinski definition) is 4. The summed E-state index contributed by atoms with van der Waals surface area (Å²) in [6.07, 6.45) is 1.97. The molecule has 4 aromatic rings. The van der Waals surface area contributed by atoms with E-state index in [2.05, 4.69) is 18.0 Å². The second kappa shape index (κ2) is 4.26. The highest BCUT2D eigenvalue weighted by molar-refractivity contribution is 7.15. The van der Waals surface area contributed by atoms with Crippen molar-refractivity contribution >= 4 is 44.7 Å². The third kappa shape index (κ3) is 1.63. The van der Waals surface area contributed by atoms with Crippen molar-refractivity contribution in [1.82, 2.24) is 9.38 Å². The van der Waals surface area contributed by atoms with Crippen LogP contribution in [0.1, 0.15) is 10.4 Å². The third-order valence-corrected chi connectivity index (χ3v) is 5.24. The second-order valence-corrected chi connectivity index (χ2v) is 6.56. The average molecular weight is 298 g/mol. The molecule has 0 spiro atoms. The summed E-state index contributed by atoms with van der Waals surface area (Å²) in [7, 11) is 0. The van der Waals surface area contributed by atoms with Crippen molar-refractivity contribution in [1.29, 1.82) is 0 Å². The Labute approximate surface area is 122 Å². The summed E-state index contributed by atoms with van der Waals surface area (Å²) in [5, 5.41) is 2.04. The van der Waals surface area contributed by atoms with Crippen molar-refractivity contribution in [3.63, 3.8) is 0 Å². The quantitative estimate of drug-likeness (QED) is 0.541. The molecule has 98 valence electrons. The first-order chi connectivity index (χ1) is 9.74. The lowest BCUT2D eigenvalue weighted by molar-refractivity contribution is 1.19. The van der Waals surface area contributed by atoms with Gasteiger partial charge in [-0.15, -0.1) is 11.3 Å². The molecule has 0 N–H and O–H groups in total. The number of aromatic nitrogens is 2. The number of thiophene rings is 1. The van der Waals surface area contributed by atoms with Gasteiger partial charge in [-0.25, -0.2) is 9.38 Å². The van der Waals surface area contributed by atoms with Gasteiger partial charge in [0.05, 0.1) is 15.6 Å². The summed E-state index contributed by atoms with van der Waals surface area (Å²) in [6, 6.07) is 9.80. The number of fused-ring (bicyclic) bond motifs is 3. The number of imidazole rings is 1. The van der Waals surface area contributed by atoms with E-state index in [0.29, 0.717) is 0 Å². The smallest absolute Gasteiger partial charge is 0.267 e. The Hall–Kier alpha value is -1.98. The lowest BCUT2D eigenvalue weighted by atomic mass is 10.3. The van der Waals surface area contributed by atoms with E-state index in [0.717, 1.165) is 25.4 Å². The van der Waals surface area contributed by atoms with Crippen LogP contribution in [0, 0.1) is 6.92 Å². The van der Waals surface area contributed by atoms with Gasteiger partial charge in [0, 0.05) is 4.88 Å². The van der Waals surface area contributed by atoms with Crippen LogP contribution in [0.3, 0.4) is 0 Å². The summed E-state index contributed by atoms with van der Waals surface area (Å²) in [5.41, 5.74) is 2.97. The minimum atomic E-state index is 0.0199. The molecule has 3 nitrogen and oxygen atoms in total. The lowest BCUT2D eigenvalue weighted by Gasteiger charge is -1.87. The molecule has 20 heavy (non-hydrogen) atoms. The molecule has 3 aromatic heterocycles. The van der Waals surface area contributed by atoms with Crippen LogP contribution < -0.4 is 10.1 Å². The van der Waals surface area contributed by atoms with E-state index in [9.17, 15) is 4.79 Å². The number of thiazole rings is 1. The van der Waals surface area contributed by atoms with Gasteiger partial charge in [-0.1, -0.05) is 23.5 Å². The first-order valence-corrected chi connectivity index (χ1v) is 7.89. The zero-order chi connectivity index (χ0) is 13.7. The largest absolute Gasteiger partial charge is 0.274 e. The van der Waals surface area contributed by atoms with Crippen molar-refractivity contribution in [2.75, 3.05) is 0 Å². The molecule has 3 heterocycles. The van der Waals surface area contributed by atoms with Crippen LogP contribution in [0.5, 0.6) is 0 Å². The standard InChI is InChI=1S/C15H10N2OS2/c1-9-6-7-19-12(9)8-13-14(18)17-11-5-3-2-4-10(11)16-15(17)20-13/h2-8H,1H3/b13-8-. The van der Waals surface area contributed by atoms with Gasteiger partial charge in [-0.05, 0) is 42.1 Å². The van der Waals surface area contributed by atoms with Crippen LogP contribution in [0.25, 0.3) is 22.1 Å². The zero-order valence-corrected chi connectivity index (χ0v) is 12.3. The number of aryl methyl sites for hydroxylation is 1. The molecule has 0 saturated carbocycles. The van der Waals surface area contributed by atoms with Gasteiger partial charge in [0.2, 0.25) is 0 Å². The second-order valence-electron chi connectivity index (χ2n) is 4.60. The zero-order valence-electron chi connectivity index (χ0n) is 10.7. The van der Waals surface area contributed by atoms with E-state index in [-0.39, 0.29) is 5.56 Å². The molecular formula is C15H10N2OS2. The summed E-state index contributed by atoms with van der Waals surface area (Å²) in [5.74, 6) is 0. The maximum atomic E-state index is 12.5. The molecular weight excluding hydrogens is 288 g/mol. The summed E-state index contributed by atoms with van der Waals surface area (Å²) in [6.45, 7) is 2.06. The highest BCUT2D eigenvalue weighted by Gasteiger charge is 2.10. The summed E-state index contributed by atoms with van der Waals surface area (Å²) in [4.78, 5) is 19.0. The molecule has 0 fully saturated rings. The van der Waals surface area contributed by atoms with E-state index in [1.54, 1.807) is 15.7 Å². The van der Waals surface area contributed by atoms with Crippen LogP contribution in [0.15, 0.2) is 40.5 Å². The van der Waals surface area contributed by atoms with E-state index in [1.165, 1.54) is 16.9 Å². The lowest BCUT2D eigenvalue weighted by Crippen LogP contribution is -2.22. The first kappa shape index (κ1) is 11.8. The maximum absolute atomic E-state index is 12.5. The Morgan fingerprint density at radius 1 is 1.25 bits per heavy atom. The topological polar surface area (TPSA) is 34.4 Å². The molecule has 0 saturated heterocycles. The molecule has 0 atom stereocenters. The minimum absolute atomic E-state index is 0.0199. The molecule has 0 amide bonds. The van der Waals surface area contributed by atoms with Crippen molar-refractivity contribution < 1.29 is 0 Å². The van der Waals surface area contributed by atoms with Gasteiger partial charge >= 0.3 is 0 Å². The SMILES string of the molecule is Cc1ccsc1/C=c1\sc2nc3ccccc3n2c1=O. The van der Waals surface area contributed by atoms with Gasteiger partial charge < -0.3 is 0 Å². The average Bonchev–Trinajstić information content (AvgIpc) is 3.08. The highest BCUT2D eigenvalue weighted by Crippen LogP contribution is 2.18. The van der Waals surface area contributed by atoms with Crippen molar-refractivity contribution in [3.05, 3.63) is 61.0 Å². The van der Waals surface area contributed by atoms with Gasteiger partial charge in [-0.3, -0.25) is 4.79 Å². The van der Waals surface area contributed by atoms with Crippen LogP contribution in [-0.2, 0) is 0 Å². The Kier molecular flexibility index (Phi) is 2.52. The molecule has 0 bridgehead atoms. The third-order valence-electron chi connectivity index (χ3n) is 3.31. The van der Waals surface area contributed by atoms with E-state index < -0.39 is 0 Å². The number of benzene rings is 1. The van der Waals surface area contributed by atoms with Crippen LogP contribution in [0.4, 0.5) is 0 Å². The Balaban J connectivity index is 2.08. The summed E-state index contributed by atoms with van der Waals surface area (Å²) >= 11 is 3.10. The molecule has 0 aliphatic carbocycles. The number of hydrogen-bond donors (Lipinski definition) is 0. The van der Waals surface area contributed by atoms with Crippen molar-refractivity contribution in [2.45, 2.75) is 6.92 Å². The predicted octanol–water partition coefficient (Wildman–Crippen LogP) is 2.83. The molecule has 4 rings (SSSR count). The number of rotatable bonds is 1. The number of nitrogens with zero attached hydrogens (tertiary/aromatic N) is 2. The molecule has 5 heteroatoms. The highest BCUT2D eigenvalue weighted by atomic mass is 32.1. The summed E-state index contributed by atoms with van der Waals surface area (Å²) < 4.78 is 2.44. The fraction of sp³-hybridized carbons (Fsp3) is 0.0667. The number of para-hydroxylation sites is 2. The van der Waals surface area contributed by atoms with Gasteiger partial charge in [0.1, 0.15) is 0 Å². The predicted molar refractivity (Wildman–Crippen MR) is 84.7 cm³/mol. The Morgan fingerprint density at radius 3 is 2.90 bits per heavy atom. The maximum Gasteiger partial charge on any atom is 0.274 e. The van der Waals surface area contributed by atoms with Gasteiger partial charge in [0.25, 0.3) is 5.56 Å². The fourth-order valence-corrected chi connectivity index (χ4v) is 4.17. The molecule has 1 aromatic carbocycles. The van der Waals surface area contributed by atoms with E-state index >= 15 is 0 Å². The van der Waals surface area contributed by atoms with Gasteiger partial charge in [0.15, 0.2) is 4.96 Å². The minimum Gasteiger partial charge on any atom is -0.267 e. The van der Waals surface area contributed by atoms with Crippen LogP contribution in [0.2, 0.25) is 0 Å². The normalized spacial score (nSPS) is 12.8. The van der Waals surface area contributed by atoms with Crippen molar-refractivity contribution in [3.8, 4) is 0 Å². The molecule has 0 radical (unpaired) electrons. The fourth-order valence-electron chi connectivity index (χ4n) is 2.26. The van der Waals surface area contributed by atoms with Gasteiger partial charge in [-0.2, -0.15) is 0 Å². The first-order valence-electron chi connectivity index (χ1n) is 6.20. The Morgan fingerprint density at radius 2 is 2.10 bits per heavy atom. The molecule has 0 aliphatic heterocycles. The van der Waals surface area contributed by atoms with Crippen molar-refractivity contribution in [2.24, 2.45) is 0 Å². The van der Waals surface area contributed by atoms with Crippen LogP contribution in [-0.4, -0.2) is 9.38 Å². The molecule has 0 unspecified atom stereocenters. The van der Waals surface area contributed by atoms with Crippen LogP contribution >= 0.6 is 22.7 Å². The monoisotopic (exact) mass is 298 g/mol. The van der Waals surface area contributed by atoms with E-state index in [4.69, 9.17) is 0 Å².